The summed E-state index contributed by atoms with van der Waals surface area (Å²) in [7, 11) is 0. The number of fused-ring (bicyclic) bond motifs is 1. The van der Waals surface area contributed by atoms with Crippen molar-refractivity contribution in [1.29, 1.82) is 0 Å². The molecule has 170 valence electrons. The number of aromatic nitrogens is 3. The van der Waals surface area contributed by atoms with Gasteiger partial charge in [-0.1, -0.05) is 42.5 Å². The van der Waals surface area contributed by atoms with Gasteiger partial charge in [-0.15, -0.1) is 0 Å². The summed E-state index contributed by atoms with van der Waals surface area (Å²) in [5.41, 5.74) is 1.93. The summed E-state index contributed by atoms with van der Waals surface area (Å²) in [6.45, 7) is 3.94. The molecule has 8 heteroatoms. The summed E-state index contributed by atoms with van der Waals surface area (Å²) in [5.74, 6) is -0.232. The summed E-state index contributed by atoms with van der Waals surface area (Å²) < 4.78 is 7.68. The Labute approximate surface area is 192 Å². The number of carbonyl (C=O) groups is 2. The Hall–Kier alpha value is -3.52. The van der Waals surface area contributed by atoms with Gasteiger partial charge in [0.05, 0.1) is 19.3 Å². The molecule has 1 saturated heterocycles. The third-order valence-electron chi connectivity index (χ3n) is 6.31. The van der Waals surface area contributed by atoms with Gasteiger partial charge in [-0.25, -0.2) is 9.50 Å². The second-order valence-electron chi connectivity index (χ2n) is 8.62. The van der Waals surface area contributed by atoms with E-state index in [2.05, 4.69) is 22.2 Å². The van der Waals surface area contributed by atoms with Crippen LogP contribution in [-0.4, -0.2) is 74.6 Å². The van der Waals surface area contributed by atoms with Crippen molar-refractivity contribution < 1.29 is 14.3 Å². The number of benzene rings is 1. The van der Waals surface area contributed by atoms with Crippen LogP contribution in [0.15, 0.2) is 60.8 Å². The van der Waals surface area contributed by atoms with Crippen LogP contribution < -0.4 is 0 Å². The van der Waals surface area contributed by atoms with Crippen molar-refractivity contribution in [2.24, 2.45) is 0 Å². The van der Waals surface area contributed by atoms with Crippen LogP contribution in [0.2, 0.25) is 0 Å². The maximum atomic E-state index is 13.7. The Morgan fingerprint density at radius 3 is 2.88 bits per heavy atom. The molecule has 0 aliphatic carbocycles. The highest BCUT2D eigenvalue weighted by molar-refractivity contribution is 5.94. The van der Waals surface area contributed by atoms with E-state index in [4.69, 9.17) is 4.74 Å². The number of hydrogen-bond donors (Lipinski definition) is 0. The van der Waals surface area contributed by atoms with Gasteiger partial charge < -0.3 is 14.5 Å². The fourth-order valence-electron chi connectivity index (χ4n) is 4.60. The lowest BCUT2D eigenvalue weighted by Crippen LogP contribution is -2.61. The lowest BCUT2D eigenvalue weighted by atomic mass is 9.95. The van der Waals surface area contributed by atoms with E-state index in [1.54, 1.807) is 27.7 Å². The zero-order chi connectivity index (χ0) is 22.8. The zero-order valence-corrected chi connectivity index (χ0v) is 18.7. The van der Waals surface area contributed by atoms with Gasteiger partial charge in [0.1, 0.15) is 5.69 Å². The van der Waals surface area contributed by atoms with E-state index in [0.717, 1.165) is 12.1 Å². The Kier molecular flexibility index (Phi) is 5.68. The first kappa shape index (κ1) is 21.3. The lowest BCUT2D eigenvalue weighted by Gasteiger charge is -2.42. The average molecular weight is 446 g/mol. The van der Waals surface area contributed by atoms with Crippen LogP contribution in [0.25, 0.3) is 5.65 Å². The fraction of sp³-hybridized carbons (Fsp3) is 0.360. The molecule has 4 heterocycles. The van der Waals surface area contributed by atoms with Crippen molar-refractivity contribution in [3.05, 3.63) is 77.8 Å². The molecule has 1 fully saturated rings. The van der Waals surface area contributed by atoms with E-state index in [1.807, 2.05) is 42.2 Å². The molecule has 1 spiro atoms. The molecule has 5 rings (SSSR count). The van der Waals surface area contributed by atoms with Gasteiger partial charge in [-0.2, -0.15) is 5.10 Å². The third kappa shape index (κ3) is 4.14. The van der Waals surface area contributed by atoms with Crippen LogP contribution in [0.3, 0.4) is 0 Å². The summed E-state index contributed by atoms with van der Waals surface area (Å²) in [4.78, 5) is 35.2. The summed E-state index contributed by atoms with van der Waals surface area (Å²) in [6, 6.07) is 13.6. The molecule has 2 aliphatic rings. The van der Waals surface area contributed by atoms with Crippen LogP contribution in [0.5, 0.6) is 0 Å². The maximum absolute atomic E-state index is 13.7. The summed E-state index contributed by atoms with van der Waals surface area (Å²) in [5, 5.41) is 4.26. The Morgan fingerprint density at radius 1 is 1.18 bits per heavy atom. The van der Waals surface area contributed by atoms with Crippen LogP contribution in [0.1, 0.15) is 28.2 Å². The number of aryl methyl sites for hydroxylation is 1. The SMILES string of the molecule is Cc1cc(C(=O)N2CCO[C@@]3(CC=CCN(CCc4ccccc4)C3=O)C2)n2nccc2n1. The summed E-state index contributed by atoms with van der Waals surface area (Å²) >= 11 is 0. The largest absolute Gasteiger partial charge is 0.361 e. The van der Waals surface area contributed by atoms with Gasteiger partial charge in [-0.3, -0.25) is 9.59 Å². The predicted molar refractivity (Wildman–Crippen MR) is 123 cm³/mol. The van der Waals surface area contributed by atoms with Crippen molar-refractivity contribution in [3.63, 3.8) is 0 Å². The van der Waals surface area contributed by atoms with Gasteiger partial charge in [0, 0.05) is 37.8 Å². The van der Waals surface area contributed by atoms with Crippen LogP contribution in [0.4, 0.5) is 0 Å². The normalized spacial score (nSPS) is 21.1. The molecule has 1 aromatic carbocycles. The summed E-state index contributed by atoms with van der Waals surface area (Å²) in [6.07, 6.45) is 6.86. The Morgan fingerprint density at radius 2 is 2.03 bits per heavy atom. The first-order chi connectivity index (χ1) is 16.1. The smallest absolute Gasteiger partial charge is 0.272 e. The molecule has 2 amide bonds. The topological polar surface area (TPSA) is 80.0 Å². The molecule has 8 nitrogen and oxygen atoms in total. The van der Waals surface area contributed by atoms with Crippen molar-refractivity contribution in [1.82, 2.24) is 24.4 Å². The second kappa shape index (κ2) is 8.78. The highest BCUT2D eigenvalue weighted by atomic mass is 16.5. The molecule has 0 bridgehead atoms. The molecule has 0 radical (unpaired) electrons. The van der Waals surface area contributed by atoms with E-state index in [1.165, 1.54) is 5.56 Å². The highest BCUT2D eigenvalue weighted by Gasteiger charge is 2.47. The van der Waals surface area contributed by atoms with Gasteiger partial charge in [0.25, 0.3) is 11.8 Å². The minimum atomic E-state index is -1.07. The molecule has 3 aromatic rings. The van der Waals surface area contributed by atoms with Gasteiger partial charge in [0.15, 0.2) is 11.2 Å². The zero-order valence-electron chi connectivity index (χ0n) is 18.7. The Balaban J connectivity index is 1.37. The maximum Gasteiger partial charge on any atom is 0.272 e. The van der Waals surface area contributed by atoms with Crippen LogP contribution in [-0.2, 0) is 16.0 Å². The highest BCUT2D eigenvalue weighted by Crippen LogP contribution is 2.28. The lowest BCUT2D eigenvalue weighted by molar-refractivity contribution is -0.166. The van der Waals surface area contributed by atoms with E-state index in [0.29, 0.717) is 44.0 Å². The molecule has 0 unspecified atom stereocenters. The Bertz CT molecular complexity index is 1210. The van der Waals surface area contributed by atoms with Gasteiger partial charge in [0.2, 0.25) is 0 Å². The van der Waals surface area contributed by atoms with Crippen LogP contribution >= 0.6 is 0 Å². The number of carbonyl (C=O) groups excluding carboxylic acids is 2. The molecule has 0 N–H and O–H groups in total. The molecule has 2 aliphatic heterocycles. The molecular weight excluding hydrogens is 418 g/mol. The molecule has 33 heavy (non-hydrogen) atoms. The number of amides is 2. The monoisotopic (exact) mass is 445 g/mol. The third-order valence-corrected chi connectivity index (χ3v) is 6.31. The number of morpholine rings is 1. The number of hydrogen-bond acceptors (Lipinski definition) is 5. The fourth-order valence-corrected chi connectivity index (χ4v) is 4.60. The molecular formula is C25H27N5O3. The average Bonchev–Trinajstić information content (AvgIpc) is 3.26. The standard InChI is InChI=1S/C25H27N5O3/c1-19-17-21(30-22(27-19)9-12-26-30)23(31)29-15-16-33-25(18-29)11-5-6-13-28(24(25)32)14-10-20-7-3-2-4-8-20/h2-9,12,17H,10-11,13-16,18H2,1H3/t25-/m0/s1. The van der Waals surface area contributed by atoms with E-state index in [-0.39, 0.29) is 18.4 Å². The molecule has 2 aromatic heterocycles. The van der Waals surface area contributed by atoms with Crippen molar-refractivity contribution in [2.45, 2.75) is 25.4 Å². The van der Waals surface area contributed by atoms with E-state index >= 15 is 0 Å². The van der Waals surface area contributed by atoms with Gasteiger partial charge in [-0.05, 0) is 25.0 Å². The number of rotatable bonds is 4. The minimum Gasteiger partial charge on any atom is -0.361 e. The van der Waals surface area contributed by atoms with E-state index < -0.39 is 5.60 Å². The predicted octanol–water partition coefficient (Wildman–Crippen LogP) is 2.28. The molecule has 0 saturated carbocycles. The van der Waals surface area contributed by atoms with Crippen LogP contribution in [0, 0.1) is 6.92 Å². The second-order valence-corrected chi connectivity index (χ2v) is 8.62. The van der Waals surface area contributed by atoms with Crippen molar-refractivity contribution in [2.75, 3.05) is 32.8 Å². The quantitative estimate of drug-likeness (QED) is 0.576. The van der Waals surface area contributed by atoms with Gasteiger partial charge >= 0.3 is 0 Å². The van der Waals surface area contributed by atoms with Crippen molar-refractivity contribution >= 4 is 17.5 Å². The number of ether oxygens (including phenoxy) is 1. The van der Waals surface area contributed by atoms with Crippen molar-refractivity contribution in [3.8, 4) is 0 Å². The first-order valence-electron chi connectivity index (χ1n) is 11.3. The number of nitrogens with zero attached hydrogens (tertiary/aromatic N) is 5. The van der Waals surface area contributed by atoms with E-state index in [9.17, 15) is 9.59 Å². The first-order valence-corrected chi connectivity index (χ1v) is 11.3. The molecule has 1 atom stereocenters. The minimum absolute atomic E-state index is 0.0592.